The van der Waals surface area contributed by atoms with E-state index < -0.39 is 5.25 Å². The molecule has 0 spiro atoms. The van der Waals surface area contributed by atoms with Crippen molar-refractivity contribution in [2.45, 2.75) is 37.9 Å². The molecule has 3 aromatic carbocycles. The monoisotopic (exact) mass is 433 g/mol. The van der Waals surface area contributed by atoms with Gasteiger partial charge >= 0.3 is 0 Å². The van der Waals surface area contributed by atoms with Crippen molar-refractivity contribution in [1.29, 1.82) is 0 Å². The minimum absolute atomic E-state index is 0.132. The Bertz CT molecular complexity index is 1220. The van der Waals surface area contributed by atoms with Gasteiger partial charge in [0.25, 0.3) is 11.1 Å². The molecule has 158 valence electrons. The number of hydrogen-bond acceptors (Lipinski definition) is 6. The Morgan fingerprint density at radius 3 is 2.77 bits per heavy atom. The van der Waals surface area contributed by atoms with Crippen molar-refractivity contribution in [3.8, 4) is 5.75 Å². The van der Waals surface area contributed by atoms with Crippen LogP contribution in [0.25, 0.3) is 10.8 Å². The number of carbonyl (C=O) groups is 1. The molecule has 1 aromatic heterocycles. The van der Waals surface area contributed by atoms with Gasteiger partial charge in [0.15, 0.2) is 6.61 Å². The second-order valence-electron chi connectivity index (χ2n) is 7.30. The van der Waals surface area contributed by atoms with E-state index in [4.69, 9.17) is 9.15 Å². The third-order valence-electron chi connectivity index (χ3n) is 4.84. The van der Waals surface area contributed by atoms with Gasteiger partial charge in [0, 0.05) is 11.1 Å². The molecule has 6 nitrogen and oxygen atoms in total. The van der Waals surface area contributed by atoms with Gasteiger partial charge in [-0.3, -0.25) is 4.79 Å². The number of ether oxygens (including phenoxy) is 1. The number of nitrogens with zero attached hydrogens (tertiary/aromatic N) is 2. The molecule has 0 saturated carbocycles. The quantitative estimate of drug-likeness (QED) is 0.386. The first-order chi connectivity index (χ1) is 15.0. The number of thioether (sulfide) groups is 1. The number of fused-ring (bicyclic) bond motifs is 1. The maximum absolute atomic E-state index is 12.7. The smallest absolute Gasteiger partial charge is 0.277 e. The highest BCUT2D eigenvalue weighted by atomic mass is 32.2. The van der Waals surface area contributed by atoms with Crippen molar-refractivity contribution in [2.75, 3.05) is 5.32 Å². The summed E-state index contributed by atoms with van der Waals surface area (Å²) in [7, 11) is 0. The van der Waals surface area contributed by atoms with Gasteiger partial charge in [-0.15, -0.1) is 10.2 Å². The van der Waals surface area contributed by atoms with Crippen molar-refractivity contribution in [3.05, 3.63) is 77.7 Å². The Morgan fingerprint density at radius 1 is 1.10 bits per heavy atom. The summed E-state index contributed by atoms with van der Waals surface area (Å²) in [5.74, 6) is 1.02. The normalized spacial score (nSPS) is 12.0. The Kier molecular flexibility index (Phi) is 6.23. The average Bonchev–Trinajstić information content (AvgIpc) is 3.22. The zero-order chi connectivity index (χ0) is 21.8. The maximum Gasteiger partial charge on any atom is 0.277 e. The van der Waals surface area contributed by atoms with Crippen molar-refractivity contribution >= 4 is 34.1 Å². The van der Waals surface area contributed by atoms with Crippen LogP contribution in [-0.4, -0.2) is 21.4 Å². The molecular weight excluding hydrogens is 410 g/mol. The lowest BCUT2D eigenvalue weighted by Crippen LogP contribution is -2.22. The van der Waals surface area contributed by atoms with Gasteiger partial charge in [-0.2, -0.15) is 0 Å². The van der Waals surface area contributed by atoms with Crippen molar-refractivity contribution < 1.29 is 13.9 Å². The molecule has 0 saturated heterocycles. The van der Waals surface area contributed by atoms with E-state index in [0.717, 1.165) is 33.3 Å². The summed E-state index contributed by atoms with van der Waals surface area (Å²) in [6.45, 7) is 5.98. The van der Waals surface area contributed by atoms with Crippen molar-refractivity contribution in [3.63, 3.8) is 0 Å². The molecule has 0 aliphatic rings. The molecule has 7 heteroatoms. The van der Waals surface area contributed by atoms with Crippen LogP contribution in [0.5, 0.6) is 5.75 Å². The number of anilines is 1. The van der Waals surface area contributed by atoms with Crippen LogP contribution in [0.4, 0.5) is 5.69 Å². The fraction of sp³-hybridized carbons (Fsp3) is 0.208. The number of amides is 1. The fourth-order valence-corrected chi connectivity index (χ4v) is 3.82. The molecule has 1 unspecified atom stereocenters. The van der Waals surface area contributed by atoms with Crippen LogP contribution in [0.2, 0.25) is 0 Å². The number of benzene rings is 3. The van der Waals surface area contributed by atoms with E-state index in [1.54, 1.807) is 0 Å². The minimum atomic E-state index is -0.410. The molecule has 1 heterocycles. The minimum Gasteiger partial charge on any atom is -0.484 e. The van der Waals surface area contributed by atoms with Crippen LogP contribution in [0.15, 0.2) is 70.3 Å². The molecule has 4 rings (SSSR count). The zero-order valence-electron chi connectivity index (χ0n) is 17.6. The SMILES string of the molecule is Cc1ccc(C)c(OCc2nnc(SC(C)C(=O)Nc3cccc4ccccc34)o2)c1. The second kappa shape index (κ2) is 9.22. The first-order valence-corrected chi connectivity index (χ1v) is 10.9. The third kappa shape index (κ3) is 5.06. The van der Waals surface area contributed by atoms with Gasteiger partial charge in [-0.05, 0) is 49.4 Å². The van der Waals surface area contributed by atoms with Crippen LogP contribution in [0.1, 0.15) is 23.9 Å². The lowest BCUT2D eigenvalue weighted by molar-refractivity contribution is -0.115. The first kappa shape index (κ1) is 20.9. The summed E-state index contributed by atoms with van der Waals surface area (Å²) in [5.41, 5.74) is 2.94. The number of carbonyl (C=O) groups excluding carboxylic acids is 1. The fourth-order valence-electron chi connectivity index (χ4n) is 3.12. The molecule has 1 amide bonds. The predicted octanol–water partition coefficient (Wildman–Crippen LogP) is 5.54. The summed E-state index contributed by atoms with van der Waals surface area (Å²) in [4.78, 5) is 12.7. The lowest BCUT2D eigenvalue weighted by Gasteiger charge is -2.12. The van der Waals surface area contributed by atoms with E-state index in [1.807, 2.05) is 81.4 Å². The topological polar surface area (TPSA) is 77.2 Å². The van der Waals surface area contributed by atoms with E-state index in [2.05, 4.69) is 15.5 Å². The molecule has 0 fully saturated rings. The number of nitrogens with one attached hydrogen (secondary N) is 1. The lowest BCUT2D eigenvalue weighted by atomic mass is 10.1. The summed E-state index contributed by atoms with van der Waals surface area (Å²) >= 11 is 1.22. The number of aryl methyl sites for hydroxylation is 2. The Hall–Kier alpha value is -3.32. The summed E-state index contributed by atoms with van der Waals surface area (Å²) in [6, 6.07) is 19.8. The van der Waals surface area contributed by atoms with Gasteiger partial charge in [-0.1, -0.05) is 60.3 Å². The van der Waals surface area contributed by atoms with Gasteiger partial charge < -0.3 is 14.5 Å². The van der Waals surface area contributed by atoms with E-state index in [9.17, 15) is 4.79 Å². The van der Waals surface area contributed by atoms with Crippen LogP contribution in [0, 0.1) is 13.8 Å². The molecule has 1 N–H and O–H groups in total. The largest absolute Gasteiger partial charge is 0.484 e. The average molecular weight is 434 g/mol. The predicted molar refractivity (Wildman–Crippen MR) is 122 cm³/mol. The number of aromatic nitrogens is 2. The molecule has 0 aliphatic heterocycles. The standard InChI is InChI=1S/C24H23N3O3S/c1-15-11-12-16(2)21(13-15)29-14-22-26-27-24(30-22)31-17(3)23(28)25-20-10-6-8-18-7-4-5-9-19(18)20/h4-13,17H,14H2,1-3H3,(H,25,28). The van der Waals surface area contributed by atoms with Crippen molar-refractivity contribution in [1.82, 2.24) is 10.2 Å². The molecule has 4 aromatic rings. The van der Waals surface area contributed by atoms with E-state index in [1.165, 1.54) is 11.8 Å². The van der Waals surface area contributed by atoms with E-state index in [0.29, 0.717) is 11.1 Å². The van der Waals surface area contributed by atoms with Crippen LogP contribution < -0.4 is 10.1 Å². The number of hydrogen-bond donors (Lipinski definition) is 1. The first-order valence-electron chi connectivity index (χ1n) is 9.97. The second-order valence-corrected chi connectivity index (χ2v) is 8.59. The van der Waals surface area contributed by atoms with Gasteiger partial charge in [0.2, 0.25) is 5.91 Å². The molecule has 0 bridgehead atoms. The molecule has 0 radical (unpaired) electrons. The summed E-state index contributed by atoms with van der Waals surface area (Å²) in [6.07, 6.45) is 0. The van der Waals surface area contributed by atoms with Gasteiger partial charge in [0.05, 0.1) is 5.25 Å². The highest BCUT2D eigenvalue weighted by Gasteiger charge is 2.19. The molecular formula is C24H23N3O3S. The van der Waals surface area contributed by atoms with E-state index >= 15 is 0 Å². The van der Waals surface area contributed by atoms with Crippen molar-refractivity contribution in [2.24, 2.45) is 0 Å². The Labute approximate surface area is 185 Å². The zero-order valence-corrected chi connectivity index (χ0v) is 18.4. The van der Waals surface area contributed by atoms with Gasteiger partial charge in [-0.25, -0.2) is 0 Å². The summed E-state index contributed by atoms with van der Waals surface area (Å²) in [5, 5.41) is 13.1. The molecule has 31 heavy (non-hydrogen) atoms. The summed E-state index contributed by atoms with van der Waals surface area (Å²) < 4.78 is 11.5. The highest BCUT2D eigenvalue weighted by Crippen LogP contribution is 2.27. The maximum atomic E-state index is 12.7. The van der Waals surface area contributed by atoms with Gasteiger partial charge in [0.1, 0.15) is 5.75 Å². The third-order valence-corrected chi connectivity index (χ3v) is 5.77. The van der Waals surface area contributed by atoms with E-state index in [-0.39, 0.29) is 12.5 Å². The highest BCUT2D eigenvalue weighted by molar-refractivity contribution is 8.00. The van der Waals surface area contributed by atoms with Crippen LogP contribution in [-0.2, 0) is 11.4 Å². The van der Waals surface area contributed by atoms with Crippen LogP contribution in [0.3, 0.4) is 0 Å². The number of rotatable bonds is 7. The van der Waals surface area contributed by atoms with Crippen LogP contribution >= 0.6 is 11.8 Å². The Balaban J connectivity index is 1.36. The molecule has 0 aliphatic carbocycles. The molecule has 1 atom stereocenters. The Morgan fingerprint density at radius 2 is 1.90 bits per heavy atom.